The summed E-state index contributed by atoms with van der Waals surface area (Å²) in [6, 6.07) is 5.30. The molecule has 2 N–H and O–H groups in total. The molecule has 0 spiro atoms. The average Bonchev–Trinajstić information content (AvgIpc) is 2.49. The fourth-order valence-electron chi connectivity index (χ4n) is 2.51. The molecule has 0 saturated heterocycles. The van der Waals surface area contributed by atoms with Crippen molar-refractivity contribution >= 4 is 5.78 Å². The Morgan fingerprint density at radius 1 is 1.19 bits per heavy atom. The van der Waals surface area contributed by atoms with Crippen molar-refractivity contribution in [1.29, 1.82) is 0 Å². The number of rotatable bonds is 9. The van der Waals surface area contributed by atoms with Gasteiger partial charge in [0.1, 0.15) is 11.5 Å². The molecule has 1 rings (SSSR count). The van der Waals surface area contributed by atoms with E-state index in [0.29, 0.717) is 41.9 Å². The Bertz CT molecular complexity index is 457. The number of carbonyl (C=O) groups is 1. The number of hydrogen-bond acceptors (Lipinski definition) is 4. The Labute approximate surface area is 127 Å². The lowest BCUT2D eigenvalue weighted by Crippen LogP contribution is -2.16. The van der Waals surface area contributed by atoms with Crippen molar-refractivity contribution in [3.05, 3.63) is 23.8 Å². The highest BCUT2D eigenvalue weighted by molar-refractivity contribution is 5.98. The highest BCUT2D eigenvalue weighted by atomic mass is 16.5. The van der Waals surface area contributed by atoms with E-state index in [1.165, 1.54) is 0 Å². The minimum absolute atomic E-state index is 0.108. The van der Waals surface area contributed by atoms with Gasteiger partial charge in [-0.05, 0) is 43.4 Å². The predicted molar refractivity (Wildman–Crippen MR) is 85.1 cm³/mol. The van der Waals surface area contributed by atoms with Crippen LogP contribution >= 0.6 is 0 Å². The van der Waals surface area contributed by atoms with Crippen molar-refractivity contribution in [2.45, 2.75) is 33.1 Å². The molecule has 0 heterocycles. The molecule has 118 valence electrons. The molecule has 0 radical (unpaired) electrons. The number of ether oxygens (including phenoxy) is 2. The summed E-state index contributed by atoms with van der Waals surface area (Å²) in [5.74, 6) is 2.39. The molecule has 1 atom stereocenters. The second-order valence-electron chi connectivity index (χ2n) is 5.61. The summed E-state index contributed by atoms with van der Waals surface area (Å²) < 4.78 is 10.4. The minimum atomic E-state index is 0.108. The summed E-state index contributed by atoms with van der Waals surface area (Å²) in [7, 11) is 3.16. The first-order valence-corrected chi connectivity index (χ1v) is 7.48. The van der Waals surface area contributed by atoms with Crippen LogP contribution in [0.1, 0.15) is 43.5 Å². The largest absolute Gasteiger partial charge is 0.497 e. The van der Waals surface area contributed by atoms with Crippen LogP contribution in [-0.4, -0.2) is 26.5 Å². The summed E-state index contributed by atoms with van der Waals surface area (Å²) in [6.45, 7) is 5.03. The molecule has 0 fully saturated rings. The molecule has 0 amide bonds. The summed E-state index contributed by atoms with van der Waals surface area (Å²) in [6.07, 6.45) is 2.35. The van der Waals surface area contributed by atoms with Gasteiger partial charge < -0.3 is 15.2 Å². The molecule has 0 aliphatic carbocycles. The van der Waals surface area contributed by atoms with Crippen LogP contribution in [0.5, 0.6) is 11.5 Å². The molecule has 0 aliphatic heterocycles. The summed E-state index contributed by atoms with van der Waals surface area (Å²) in [5.41, 5.74) is 6.26. The van der Waals surface area contributed by atoms with E-state index in [4.69, 9.17) is 15.2 Å². The zero-order valence-electron chi connectivity index (χ0n) is 13.5. The van der Waals surface area contributed by atoms with Gasteiger partial charge in [-0.25, -0.2) is 0 Å². The quantitative estimate of drug-likeness (QED) is 0.710. The van der Waals surface area contributed by atoms with Crippen molar-refractivity contribution < 1.29 is 14.3 Å². The molecule has 21 heavy (non-hydrogen) atoms. The normalized spacial score (nSPS) is 12.3. The van der Waals surface area contributed by atoms with Crippen LogP contribution in [-0.2, 0) is 0 Å². The molecule has 0 saturated carbocycles. The van der Waals surface area contributed by atoms with E-state index in [-0.39, 0.29) is 5.78 Å². The summed E-state index contributed by atoms with van der Waals surface area (Å²) in [4.78, 5) is 12.4. The van der Waals surface area contributed by atoms with Gasteiger partial charge in [0, 0.05) is 12.5 Å². The van der Waals surface area contributed by atoms with Crippen LogP contribution in [0.4, 0.5) is 0 Å². The molecule has 0 bridgehead atoms. The van der Waals surface area contributed by atoms with Crippen LogP contribution in [0, 0.1) is 11.8 Å². The number of ketones is 1. The van der Waals surface area contributed by atoms with E-state index < -0.39 is 0 Å². The maximum absolute atomic E-state index is 12.4. The maximum atomic E-state index is 12.4. The number of methoxy groups -OCH3 is 2. The third-order valence-electron chi connectivity index (χ3n) is 3.93. The topological polar surface area (TPSA) is 61.5 Å². The van der Waals surface area contributed by atoms with Crippen molar-refractivity contribution in [3.8, 4) is 11.5 Å². The van der Waals surface area contributed by atoms with E-state index in [1.54, 1.807) is 32.4 Å². The van der Waals surface area contributed by atoms with Gasteiger partial charge in [-0.1, -0.05) is 13.8 Å². The Hall–Kier alpha value is -1.55. The molecule has 4 nitrogen and oxygen atoms in total. The maximum Gasteiger partial charge on any atom is 0.166 e. The van der Waals surface area contributed by atoms with E-state index >= 15 is 0 Å². The first-order valence-electron chi connectivity index (χ1n) is 7.48. The lowest BCUT2D eigenvalue weighted by atomic mass is 9.87. The zero-order chi connectivity index (χ0) is 15.8. The van der Waals surface area contributed by atoms with Gasteiger partial charge in [-0.3, -0.25) is 4.79 Å². The Kier molecular flexibility index (Phi) is 7.23. The third kappa shape index (κ3) is 5.05. The van der Waals surface area contributed by atoms with Crippen LogP contribution in [0.25, 0.3) is 0 Å². The molecule has 1 aromatic rings. The number of carbonyl (C=O) groups excluding carboxylic acids is 1. The molecule has 0 aromatic heterocycles. The smallest absolute Gasteiger partial charge is 0.166 e. The summed E-state index contributed by atoms with van der Waals surface area (Å²) >= 11 is 0. The van der Waals surface area contributed by atoms with Crippen LogP contribution in [0.15, 0.2) is 18.2 Å². The van der Waals surface area contributed by atoms with Gasteiger partial charge in [0.05, 0.1) is 19.8 Å². The van der Waals surface area contributed by atoms with Crippen molar-refractivity contribution in [3.63, 3.8) is 0 Å². The van der Waals surface area contributed by atoms with Gasteiger partial charge in [-0.2, -0.15) is 0 Å². The van der Waals surface area contributed by atoms with E-state index in [2.05, 4.69) is 13.8 Å². The van der Waals surface area contributed by atoms with E-state index in [0.717, 1.165) is 12.8 Å². The van der Waals surface area contributed by atoms with E-state index in [9.17, 15) is 4.79 Å². The Balaban J connectivity index is 2.75. The number of hydrogen-bond donors (Lipinski definition) is 1. The second-order valence-corrected chi connectivity index (χ2v) is 5.61. The number of nitrogens with two attached hydrogens (primary N) is 1. The standard InChI is InChI=1S/C17H27NO3/c1-12(2)13(9-10-18)5-8-16(19)15-7-6-14(20-3)11-17(15)21-4/h6-7,11-13H,5,8-10,18H2,1-4H3. The molecule has 1 unspecified atom stereocenters. The predicted octanol–water partition coefficient (Wildman–Crippen LogP) is 3.29. The molecular weight excluding hydrogens is 266 g/mol. The van der Waals surface area contributed by atoms with Crippen molar-refractivity contribution in [2.24, 2.45) is 17.6 Å². The van der Waals surface area contributed by atoms with Gasteiger partial charge in [0.15, 0.2) is 5.78 Å². The lowest BCUT2D eigenvalue weighted by molar-refractivity contribution is 0.0966. The molecule has 0 aliphatic rings. The molecule has 1 aromatic carbocycles. The fraction of sp³-hybridized carbons (Fsp3) is 0.588. The van der Waals surface area contributed by atoms with Gasteiger partial charge in [0.25, 0.3) is 0 Å². The van der Waals surface area contributed by atoms with E-state index in [1.807, 2.05) is 0 Å². The summed E-state index contributed by atoms with van der Waals surface area (Å²) in [5, 5.41) is 0. The number of benzene rings is 1. The van der Waals surface area contributed by atoms with Gasteiger partial charge in [-0.15, -0.1) is 0 Å². The molecular formula is C17H27NO3. The minimum Gasteiger partial charge on any atom is -0.497 e. The molecule has 4 heteroatoms. The first kappa shape index (κ1) is 17.5. The van der Waals surface area contributed by atoms with Gasteiger partial charge >= 0.3 is 0 Å². The number of Topliss-reactive ketones (excluding diaryl/α,β-unsaturated/α-hetero) is 1. The monoisotopic (exact) mass is 293 g/mol. The highest BCUT2D eigenvalue weighted by Gasteiger charge is 2.17. The Morgan fingerprint density at radius 2 is 1.90 bits per heavy atom. The highest BCUT2D eigenvalue weighted by Crippen LogP contribution is 2.27. The van der Waals surface area contributed by atoms with Crippen molar-refractivity contribution in [1.82, 2.24) is 0 Å². The SMILES string of the molecule is COc1ccc(C(=O)CCC(CCN)C(C)C)c(OC)c1. The Morgan fingerprint density at radius 3 is 2.43 bits per heavy atom. The van der Waals surface area contributed by atoms with Crippen LogP contribution < -0.4 is 15.2 Å². The van der Waals surface area contributed by atoms with Gasteiger partial charge in [0.2, 0.25) is 0 Å². The first-order chi connectivity index (χ1) is 10.0. The zero-order valence-corrected chi connectivity index (χ0v) is 13.5. The lowest BCUT2D eigenvalue weighted by Gasteiger charge is -2.19. The van der Waals surface area contributed by atoms with Crippen molar-refractivity contribution in [2.75, 3.05) is 20.8 Å². The third-order valence-corrected chi connectivity index (χ3v) is 3.93. The average molecular weight is 293 g/mol. The van der Waals surface area contributed by atoms with Crippen LogP contribution in [0.2, 0.25) is 0 Å². The van der Waals surface area contributed by atoms with Crippen LogP contribution in [0.3, 0.4) is 0 Å². The fourth-order valence-corrected chi connectivity index (χ4v) is 2.51. The second kappa shape index (κ2) is 8.67.